The fourth-order valence-corrected chi connectivity index (χ4v) is 3.16. The number of rotatable bonds is 7. The zero-order valence-corrected chi connectivity index (χ0v) is 15.8. The summed E-state index contributed by atoms with van der Waals surface area (Å²) < 4.78 is 2.30. The Balaban J connectivity index is 1.71. The predicted molar refractivity (Wildman–Crippen MR) is 106 cm³/mol. The molecule has 136 valence electrons. The van der Waals surface area contributed by atoms with Crippen LogP contribution in [0.25, 0.3) is 11.0 Å². The van der Waals surface area contributed by atoms with Crippen LogP contribution in [-0.4, -0.2) is 22.0 Å². The van der Waals surface area contributed by atoms with Crippen LogP contribution in [0.5, 0.6) is 0 Å². The fourth-order valence-electron chi connectivity index (χ4n) is 3.16. The minimum atomic E-state index is -0.0204. The van der Waals surface area contributed by atoms with Crippen LogP contribution in [0, 0.1) is 12.8 Å². The Bertz CT molecular complexity index is 895. The third kappa shape index (κ3) is 4.13. The van der Waals surface area contributed by atoms with Crippen molar-refractivity contribution in [1.29, 1.82) is 0 Å². The average Bonchev–Trinajstić information content (AvgIpc) is 2.97. The number of nitrogens with zero attached hydrogens (tertiary/aromatic N) is 2. The van der Waals surface area contributed by atoms with Crippen molar-refractivity contribution in [1.82, 2.24) is 14.9 Å². The van der Waals surface area contributed by atoms with Crippen LogP contribution in [0.4, 0.5) is 0 Å². The molecule has 0 fully saturated rings. The lowest BCUT2D eigenvalue weighted by atomic mass is 10.1. The maximum absolute atomic E-state index is 12.4. The standard InChI is InChI=1S/C22H27N3O/c1-16(2)13-15-25-20-11-7-6-10-19(20)24-21(25)12-14-23-22(26)18-9-5-4-8-17(18)3/h4-11,16H,12-15H2,1-3H3,(H,23,26). The molecule has 0 radical (unpaired) electrons. The Morgan fingerprint density at radius 2 is 1.85 bits per heavy atom. The van der Waals surface area contributed by atoms with Crippen molar-refractivity contribution in [2.45, 2.75) is 40.2 Å². The number of amides is 1. The number of hydrogen-bond acceptors (Lipinski definition) is 2. The number of carbonyl (C=O) groups is 1. The molecule has 4 heteroatoms. The zero-order valence-electron chi connectivity index (χ0n) is 15.8. The van der Waals surface area contributed by atoms with Gasteiger partial charge in [0.1, 0.15) is 5.82 Å². The first kappa shape index (κ1) is 18.2. The molecule has 2 aromatic carbocycles. The number of fused-ring (bicyclic) bond motifs is 1. The lowest BCUT2D eigenvalue weighted by Gasteiger charge is -2.12. The quantitative estimate of drug-likeness (QED) is 0.689. The Hall–Kier alpha value is -2.62. The van der Waals surface area contributed by atoms with Crippen LogP contribution >= 0.6 is 0 Å². The molecule has 4 nitrogen and oxygen atoms in total. The van der Waals surface area contributed by atoms with Crippen LogP contribution in [0.3, 0.4) is 0 Å². The van der Waals surface area contributed by atoms with Crippen LogP contribution in [0.15, 0.2) is 48.5 Å². The smallest absolute Gasteiger partial charge is 0.251 e. The molecule has 0 aliphatic heterocycles. The Labute approximate surface area is 155 Å². The average molecular weight is 349 g/mol. The summed E-state index contributed by atoms with van der Waals surface area (Å²) in [4.78, 5) is 17.2. The SMILES string of the molecule is Cc1ccccc1C(=O)NCCc1nc2ccccc2n1CCC(C)C. The lowest BCUT2D eigenvalue weighted by Crippen LogP contribution is -2.27. The Morgan fingerprint density at radius 3 is 2.62 bits per heavy atom. The van der Waals surface area contributed by atoms with Crippen LogP contribution in [0.2, 0.25) is 0 Å². The molecule has 26 heavy (non-hydrogen) atoms. The monoisotopic (exact) mass is 349 g/mol. The van der Waals surface area contributed by atoms with Crippen LogP contribution in [-0.2, 0) is 13.0 Å². The highest BCUT2D eigenvalue weighted by molar-refractivity contribution is 5.95. The highest BCUT2D eigenvalue weighted by Crippen LogP contribution is 2.18. The third-order valence-electron chi connectivity index (χ3n) is 4.69. The molecule has 1 amide bonds. The molecule has 0 spiro atoms. The van der Waals surface area contributed by atoms with E-state index in [2.05, 4.69) is 41.9 Å². The van der Waals surface area contributed by atoms with E-state index >= 15 is 0 Å². The molecule has 3 rings (SSSR count). The molecular formula is C22H27N3O. The summed E-state index contributed by atoms with van der Waals surface area (Å²) in [5.41, 5.74) is 3.93. The van der Waals surface area contributed by atoms with Crippen molar-refractivity contribution < 1.29 is 4.79 Å². The highest BCUT2D eigenvalue weighted by Gasteiger charge is 2.12. The molecule has 0 atom stereocenters. The van der Waals surface area contributed by atoms with Crippen molar-refractivity contribution in [2.75, 3.05) is 6.54 Å². The molecule has 3 aromatic rings. The van der Waals surface area contributed by atoms with Gasteiger partial charge >= 0.3 is 0 Å². The second-order valence-corrected chi connectivity index (χ2v) is 7.17. The van der Waals surface area contributed by atoms with E-state index in [1.54, 1.807) is 0 Å². The van der Waals surface area contributed by atoms with Crippen molar-refractivity contribution >= 4 is 16.9 Å². The van der Waals surface area contributed by atoms with Crippen molar-refractivity contribution in [3.05, 3.63) is 65.5 Å². The normalized spacial score (nSPS) is 11.2. The minimum Gasteiger partial charge on any atom is -0.352 e. The molecule has 0 aliphatic rings. The van der Waals surface area contributed by atoms with Gasteiger partial charge in [-0.1, -0.05) is 44.2 Å². The number of carbonyl (C=O) groups excluding carboxylic acids is 1. The number of benzene rings is 2. The second kappa shape index (κ2) is 8.17. The molecular weight excluding hydrogens is 322 g/mol. The Morgan fingerprint density at radius 1 is 1.12 bits per heavy atom. The first-order valence-corrected chi connectivity index (χ1v) is 9.34. The molecule has 0 saturated carbocycles. The van der Waals surface area contributed by atoms with Crippen LogP contribution in [0.1, 0.15) is 42.0 Å². The summed E-state index contributed by atoms with van der Waals surface area (Å²) in [5, 5.41) is 3.03. The maximum Gasteiger partial charge on any atom is 0.251 e. The molecule has 0 bridgehead atoms. The first-order valence-electron chi connectivity index (χ1n) is 9.34. The number of imidazole rings is 1. The van der Waals surface area contributed by atoms with Crippen molar-refractivity contribution in [3.8, 4) is 0 Å². The largest absolute Gasteiger partial charge is 0.352 e. The van der Waals surface area contributed by atoms with Gasteiger partial charge in [0.15, 0.2) is 0 Å². The van der Waals surface area contributed by atoms with Crippen molar-refractivity contribution in [2.24, 2.45) is 5.92 Å². The van der Waals surface area contributed by atoms with Gasteiger partial charge in [0, 0.05) is 25.1 Å². The second-order valence-electron chi connectivity index (χ2n) is 7.17. The topological polar surface area (TPSA) is 46.9 Å². The number of aryl methyl sites for hydroxylation is 2. The van der Waals surface area contributed by atoms with Gasteiger partial charge in [-0.3, -0.25) is 4.79 Å². The summed E-state index contributed by atoms with van der Waals surface area (Å²) in [5.74, 6) is 1.66. The predicted octanol–water partition coefficient (Wildman–Crippen LogP) is 4.36. The van der Waals surface area contributed by atoms with Gasteiger partial charge in [-0.15, -0.1) is 0 Å². The Kier molecular flexibility index (Phi) is 5.71. The summed E-state index contributed by atoms with van der Waals surface area (Å²) in [6.07, 6.45) is 1.84. The first-order chi connectivity index (χ1) is 12.6. The van der Waals surface area contributed by atoms with E-state index in [9.17, 15) is 4.79 Å². The number of nitrogens with one attached hydrogen (secondary N) is 1. The van der Waals surface area contributed by atoms with Gasteiger partial charge in [-0.05, 0) is 43.0 Å². The van der Waals surface area contributed by atoms with Gasteiger partial charge in [0.2, 0.25) is 0 Å². The summed E-state index contributed by atoms with van der Waals surface area (Å²) in [6, 6.07) is 15.9. The molecule has 0 unspecified atom stereocenters. The lowest BCUT2D eigenvalue weighted by molar-refractivity contribution is 0.0953. The fraction of sp³-hybridized carbons (Fsp3) is 0.364. The van der Waals surface area contributed by atoms with Gasteiger partial charge in [-0.2, -0.15) is 0 Å². The zero-order chi connectivity index (χ0) is 18.5. The van der Waals surface area contributed by atoms with Gasteiger partial charge < -0.3 is 9.88 Å². The number of para-hydroxylation sites is 2. The molecule has 1 heterocycles. The maximum atomic E-state index is 12.4. The molecule has 1 aromatic heterocycles. The van der Waals surface area contributed by atoms with E-state index in [-0.39, 0.29) is 5.91 Å². The minimum absolute atomic E-state index is 0.0204. The van der Waals surface area contributed by atoms with E-state index in [1.165, 1.54) is 5.52 Å². The summed E-state index contributed by atoms with van der Waals surface area (Å²) in [6.45, 7) is 7.97. The van der Waals surface area contributed by atoms with Crippen LogP contribution < -0.4 is 5.32 Å². The number of hydrogen-bond donors (Lipinski definition) is 1. The number of aromatic nitrogens is 2. The van der Waals surface area contributed by atoms with E-state index in [0.717, 1.165) is 41.9 Å². The van der Waals surface area contributed by atoms with E-state index in [1.807, 2.05) is 37.3 Å². The van der Waals surface area contributed by atoms with Gasteiger partial charge in [-0.25, -0.2) is 4.98 Å². The summed E-state index contributed by atoms with van der Waals surface area (Å²) >= 11 is 0. The molecule has 1 N–H and O–H groups in total. The third-order valence-corrected chi connectivity index (χ3v) is 4.69. The molecule has 0 aliphatic carbocycles. The van der Waals surface area contributed by atoms with E-state index in [4.69, 9.17) is 4.98 Å². The van der Waals surface area contributed by atoms with E-state index in [0.29, 0.717) is 12.5 Å². The molecule has 0 saturated heterocycles. The summed E-state index contributed by atoms with van der Waals surface area (Å²) in [7, 11) is 0. The van der Waals surface area contributed by atoms with E-state index < -0.39 is 0 Å². The van der Waals surface area contributed by atoms with Crippen molar-refractivity contribution in [3.63, 3.8) is 0 Å². The van der Waals surface area contributed by atoms with Gasteiger partial charge in [0.25, 0.3) is 5.91 Å². The van der Waals surface area contributed by atoms with Gasteiger partial charge in [0.05, 0.1) is 11.0 Å². The highest BCUT2D eigenvalue weighted by atomic mass is 16.1.